The topological polar surface area (TPSA) is 78.9 Å². The van der Waals surface area contributed by atoms with E-state index in [4.69, 9.17) is 14.2 Å². The van der Waals surface area contributed by atoms with Gasteiger partial charge in [0.1, 0.15) is 13.2 Å². The molecule has 0 saturated carbocycles. The molecule has 0 bridgehead atoms. The number of esters is 3. The van der Waals surface area contributed by atoms with Crippen LogP contribution in [0.5, 0.6) is 0 Å². The van der Waals surface area contributed by atoms with E-state index in [-0.39, 0.29) is 31.1 Å². The summed E-state index contributed by atoms with van der Waals surface area (Å²) in [5, 5.41) is 0. The van der Waals surface area contributed by atoms with E-state index in [0.717, 1.165) is 69.6 Å². The molecule has 0 radical (unpaired) electrons. The molecule has 0 aliphatic rings. The number of carbonyl (C=O) groups excluding carboxylic acids is 3. The maximum atomic E-state index is 12.9. The van der Waals surface area contributed by atoms with Gasteiger partial charge in [-0.3, -0.25) is 14.4 Å². The Kier molecular flexibility index (Phi) is 58.4. The summed E-state index contributed by atoms with van der Waals surface area (Å²) in [6, 6.07) is 0. The molecule has 0 aliphatic heterocycles. The van der Waals surface area contributed by atoms with Crippen LogP contribution in [0.4, 0.5) is 0 Å². The summed E-state index contributed by atoms with van der Waals surface area (Å²) < 4.78 is 17.0. The Morgan fingerprint density at radius 2 is 0.521 bits per heavy atom. The summed E-state index contributed by atoms with van der Waals surface area (Å²) in [6.45, 7) is 11.5. The van der Waals surface area contributed by atoms with Gasteiger partial charge in [0.2, 0.25) is 0 Å². The van der Waals surface area contributed by atoms with Crippen LogP contribution in [0.2, 0.25) is 0 Å². The zero-order valence-electron chi connectivity index (χ0n) is 50.3. The number of carbonyl (C=O) groups is 3. The van der Waals surface area contributed by atoms with Crippen LogP contribution in [-0.4, -0.2) is 37.2 Å². The van der Waals surface area contributed by atoms with Crippen LogP contribution in [-0.2, 0) is 28.6 Å². The highest BCUT2D eigenvalue weighted by atomic mass is 16.6. The third-order valence-electron chi connectivity index (χ3n) is 15.8. The van der Waals surface area contributed by atoms with Crippen LogP contribution in [0.1, 0.15) is 381 Å². The van der Waals surface area contributed by atoms with Crippen molar-refractivity contribution in [3.05, 3.63) is 0 Å². The molecule has 1 unspecified atom stereocenters. The average molecular weight is 1030 g/mol. The smallest absolute Gasteiger partial charge is 0.306 e. The Morgan fingerprint density at radius 1 is 0.288 bits per heavy atom. The van der Waals surface area contributed by atoms with E-state index in [1.54, 1.807) is 0 Å². The predicted molar refractivity (Wildman–Crippen MR) is 316 cm³/mol. The van der Waals surface area contributed by atoms with Gasteiger partial charge < -0.3 is 14.2 Å². The molecule has 0 aromatic heterocycles. The summed E-state index contributed by atoms with van der Waals surface area (Å²) in [6.07, 6.45) is 66.8. The molecule has 0 N–H and O–H groups in total. The van der Waals surface area contributed by atoms with Gasteiger partial charge in [-0.2, -0.15) is 0 Å². The predicted octanol–water partition coefficient (Wildman–Crippen LogP) is 22.4. The first kappa shape index (κ1) is 71.4. The van der Waals surface area contributed by atoms with E-state index < -0.39 is 6.10 Å². The third-order valence-corrected chi connectivity index (χ3v) is 15.8. The molecule has 0 rings (SSSR count). The molecule has 434 valence electrons. The quantitative estimate of drug-likeness (QED) is 0.0343. The molecule has 2 atom stereocenters. The maximum Gasteiger partial charge on any atom is 0.306 e. The van der Waals surface area contributed by atoms with Gasteiger partial charge in [0.05, 0.1) is 0 Å². The molecule has 0 aliphatic carbocycles. The first-order valence-electron chi connectivity index (χ1n) is 33.3. The molecular formula is C67H130O6. The fraction of sp³-hybridized carbons (Fsp3) is 0.955. The summed E-state index contributed by atoms with van der Waals surface area (Å²) >= 11 is 0. The fourth-order valence-electron chi connectivity index (χ4n) is 10.4. The van der Waals surface area contributed by atoms with E-state index in [2.05, 4.69) is 34.6 Å². The van der Waals surface area contributed by atoms with E-state index in [1.165, 1.54) is 270 Å². The van der Waals surface area contributed by atoms with E-state index in [0.29, 0.717) is 19.3 Å². The van der Waals surface area contributed by atoms with Crippen molar-refractivity contribution in [1.82, 2.24) is 0 Å². The Labute approximate surface area is 457 Å². The summed E-state index contributed by atoms with van der Waals surface area (Å²) in [5.74, 6) is 0.913. The van der Waals surface area contributed by atoms with Crippen LogP contribution >= 0.6 is 0 Å². The Morgan fingerprint density at radius 3 is 0.781 bits per heavy atom. The lowest BCUT2D eigenvalue weighted by molar-refractivity contribution is -0.167. The lowest BCUT2D eigenvalue weighted by Crippen LogP contribution is -2.30. The summed E-state index contributed by atoms with van der Waals surface area (Å²) in [5.41, 5.74) is 0. The SMILES string of the molecule is CCCCCCCCCCCCCCCCCCCCC(=O)OC[C@@H](COC(=O)CCCCCCCCCCCCCCCCCCCCC(C)CC)OC(=O)CCCCCCCCCCCCCCC(C)C. The van der Waals surface area contributed by atoms with Gasteiger partial charge in [-0.05, 0) is 31.1 Å². The van der Waals surface area contributed by atoms with E-state index >= 15 is 0 Å². The monoisotopic (exact) mass is 1030 g/mol. The van der Waals surface area contributed by atoms with Crippen molar-refractivity contribution in [2.24, 2.45) is 11.8 Å². The molecule has 0 aromatic carbocycles. The molecule has 0 spiro atoms. The van der Waals surface area contributed by atoms with Crippen LogP contribution in [0.15, 0.2) is 0 Å². The summed E-state index contributed by atoms with van der Waals surface area (Å²) in [7, 11) is 0. The van der Waals surface area contributed by atoms with Crippen LogP contribution in [0.3, 0.4) is 0 Å². The molecule has 6 heteroatoms. The van der Waals surface area contributed by atoms with Crippen molar-refractivity contribution >= 4 is 17.9 Å². The van der Waals surface area contributed by atoms with Crippen molar-refractivity contribution in [3.8, 4) is 0 Å². The second-order valence-corrected chi connectivity index (χ2v) is 23.8. The fourth-order valence-corrected chi connectivity index (χ4v) is 10.4. The molecule has 0 heterocycles. The molecule has 6 nitrogen and oxygen atoms in total. The standard InChI is InChI=1S/C67H130O6/c1-6-8-9-10-11-12-13-14-15-16-20-23-26-32-37-42-47-52-57-65(68)71-60-64(73-67(70)59-54-49-44-39-34-29-28-30-35-40-45-50-55-62(3)4)61-72-66(69)58-53-48-43-38-33-27-24-21-18-17-19-22-25-31-36-41-46-51-56-63(5)7-2/h62-64H,6-61H2,1-5H3/t63?,64-/m0/s1. The number of unbranched alkanes of at least 4 members (excludes halogenated alkanes) is 45. The Bertz CT molecular complexity index is 1120. The molecule has 0 aromatic rings. The highest BCUT2D eigenvalue weighted by Crippen LogP contribution is 2.20. The Hall–Kier alpha value is -1.59. The largest absolute Gasteiger partial charge is 0.462 e. The second kappa shape index (κ2) is 59.7. The van der Waals surface area contributed by atoms with Gasteiger partial charge in [0, 0.05) is 19.3 Å². The van der Waals surface area contributed by atoms with Crippen molar-refractivity contribution in [3.63, 3.8) is 0 Å². The minimum absolute atomic E-state index is 0.0617. The van der Waals surface area contributed by atoms with E-state index in [1.807, 2.05) is 0 Å². The van der Waals surface area contributed by atoms with Crippen LogP contribution in [0, 0.1) is 11.8 Å². The number of hydrogen-bond donors (Lipinski definition) is 0. The molecule has 0 saturated heterocycles. The van der Waals surface area contributed by atoms with Gasteiger partial charge in [0.25, 0.3) is 0 Å². The summed E-state index contributed by atoms with van der Waals surface area (Å²) in [4.78, 5) is 38.4. The maximum absolute atomic E-state index is 12.9. The van der Waals surface area contributed by atoms with Crippen LogP contribution < -0.4 is 0 Å². The zero-order chi connectivity index (χ0) is 53.2. The van der Waals surface area contributed by atoms with Crippen molar-refractivity contribution in [2.75, 3.05) is 13.2 Å². The van der Waals surface area contributed by atoms with Crippen molar-refractivity contribution in [2.45, 2.75) is 387 Å². The van der Waals surface area contributed by atoms with Gasteiger partial charge in [-0.25, -0.2) is 0 Å². The number of hydrogen-bond acceptors (Lipinski definition) is 6. The first-order valence-corrected chi connectivity index (χ1v) is 33.3. The van der Waals surface area contributed by atoms with Gasteiger partial charge >= 0.3 is 17.9 Å². The van der Waals surface area contributed by atoms with Gasteiger partial charge in [0.15, 0.2) is 6.10 Å². The molecule has 0 fully saturated rings. The minimum atomic E-state index is -0.764. The first-order chi connectivity index (χ1) is 35.8. The van der Waals surface area contributed by atoms with Crippen molar-refractivity contribution < 1.29 is 28.6 Å². The van der Waals surface area contributed by atoms with Crippen LogP contribution in [0.25, 0.3) is 0 Å². The van der Waals surface area contributed by atoms with Crippen molar-refractivity contribution in [1.29, 1.82) is 0 Å². The molecule has 73 heavy (non-hydrogen) atoms. The Balaban J connectivity index is 4.25. The van der Waals surface area contributed by atoms with Gasteiger partial charge in [-0.1, -0.05) is 343 Å². The second-order valence-electron chi connectivity index (χ2n) is 23.8. The van der Waals surface area contributed by atoms with Gasteiger partial charge in [-0.15, -0.1) is 0 Å². The normalized spacial score (nSPS) is 12.4. The van der Waals surface area contributed by atoms with E-state index in [9.17, 15) is 14.4 Å². The molecular weight excluding hydrogens is 901 g/mol. The highest BCUT2D eigenvalue weighted by Gasteiger charge is 2.19. The third kappa shape index (κ3) is 59.5. The number of rotatable bonds is 61. The minimum Gasteiger partial charge on any atom is -0.462 e. The average Bonchev–Trinajstić information content (AvgIpc) is 3.38. The molecule has 0 amide bonds. The zero-order valence-corrected chi connectivity index (χ0v) is 50.3. The lowest BCUT2D eigenvalue weighted by Gasteiger charge is -2.18. The lowest BCUT2D eigenvalue weighted by atomic mass is 9.99. The number of ether oxygens (including phenoxy) is 3. The highest BCUT2D eigenvalue weighted by molar-refractivity contribution is 5.71.